The first-order valence-corrected chi connectivity index (χ1v) is 20.0. The second-order valence-corrected chi connectivity index (χ2v) is 15.2. The van der Waals surface area contributed by atoms with Crippen LogP contribution in [0.25, 0.3) is 72.0 Å². The molecule has 0 radical (unpaired) electrons. The molecule has 0 bridgehead atoms. The molecule has 0 saturated heterocycles. The zero-order chi connectivity index (χ0) is 39.0. The molecular formula is C56H42N2. The summed E-state index contributed by atoms with van der Waals surface area (Å²) in [7, 11) is 0. The van der Waals surface area contributed by atoms with Crippen LogP contribution in [0.15, 0.2) is 218 Å². The zero-order valence-electron chi connectivity index (χ0n) is 32.7. The molecule has 0 spiro atoms. The van der Waals surface area contributed by atoms with Crippen LogP contribution in [0.4, 0.5) is 17.1 Å². The highest BCUT2D eigenvalue weighted by atomic mass is 15.1. The molecule has 0 aliphatic heterocycles. The van der Waals surface area contributed by atoms with E-state index in [4.69, 9.17) is 0 Å². The van der Waals surface area contributed by atoms with Gasteiger partial charge >= 0.3 is 0 Å². The van der Waals surface area contributed by atoms with Gasteiger partial charge in [0.05, 0.1) is 11.0 Å². The van der Waals surface area contributed by atoms with Gasteiger partial charge in [0.25, 0.3) is 0 Å². The van der Waals surface area contributed by atoms with Gasteiger partial charge in [0.2, 0.25) is 0 Å². The molecule has 2 heteroatoms. The summed E-state index contributed by atoms with van der Waals surface area (Å²) in [6.45, 7) is 4.35. The van der Waals surface area contributed by atoms with Crippen molar-refractivity contribution in [3.05, 3.63) is 230 Å². The van der Waals surface area contributed by atoms with Gasteiger partial charge in [0.1, 0.15) is 0 Å². The van der Waals surface area contributed by atoms with Crippen molar-refractivity contribution in [1.82, 2.24) is 4.57 Å². The maximum absolute atomic E-state index is 2.41. The van der Waals surface area contributed by atoms with E-state index in [0.29, 0.717) is 0 Å². The highest BCUT2D eigenvalue weighted by Crippen LogP contribution is 2.40. The summed E-state index contributed by atoms with van der Waals surface area (Å²) in [4.78, 5) is 2.36. The van der Waals surface area contributed by atoms with Crippen molar-refractivity contribution in [3.8, 4) is 50.2 Å². The molecule has 2 nitrogen and oxygen atoms in total. The molecule has 1 aromatic heterocycles. The van der Waals surface area contributed by atoms with Crippen LogP contribution in [0.1, 0.15) is 11.1 Å². The van der Waals surface area contributed by atoms with Crippen molar-refractivity contribution >= 4 is 38.9 Å². The van der Waals surface area contributed by atoms with Crippen LogP contribution in [-0.4, -0.2) is 4.57 Å². The summed E-state index contributed by atoms with van der Waals surface area (Å²) < 4.78 is 2.41. The van der Waals surface area contributed by atoms with E-state index in [-0.39, 0.29) is 0 Å². The SMILES string of the molecule is Cc1ccc2c(c1)c1cc(C)ccc1n2-c1cccc(-c2cccc(N(c3ccc(-c4ccccc4)cc3)c3ccc(-c4ccc(-c5ccccc5)cc4)cc3)c2)c1. The Morgan fingerprint density at radius 1 is 0.293 bits per heavy atom. The molecule has 0 aliphatic rings. The number of aryl methyl sites for hydroxylation is 2. The highest BCUT2D eigenvalue weighted by molar-refractivity contribution is 6.09. The van der Waals surface area contributed by atoms with Crippen molar-refractivity contribution < 1.29 is 0 Å². The molecule has 10 aromatic rings. The fraction of sp³-hybridized carbons (Fsp3) is 0.0357. The topological polar surface area (TPSA) is 8.17 Å². The summed E-state index contributed by atoms with van der Waals surface area (Å²) in [6, 6.07) is 79.3. The third kappa shape index (κ3) is 6.65. The van der Waals surface area contributed by atoms with Crippen molar-refractivity contribution in [2.45, 2.75) is 13.8 Å². The lowest BCUT2D eigenvalue weighted by Gasteiger charge is -2.26. The number of nitrogens with zero attached hydrogens (tertiary/aromatic N) is 2. The number of hydrogen-bond donors (Lipinski definition) is 0. The fourth-order valence-corrected chi connectivity index (χ4v) is 8.35. The van der Waals surface area contributed by atoms with Gasteiger partial charge in [-0.25, -0.2) is 0 Å². The number of rotatable bonds is 8. The largest absolute Gasteiger partial charge is 0.310 e. The van der Waals surface area contributed by atoms with Crippen LogP contribution in [0.3, 0.4) is 0 Å². The van der Waals surface area contributed by atoms with Crippen molar-refractivity contribution in [1.29, 1.82) is 0 Å². The molecule has 276 valence electrons. The fourth-order valence-electron chi connectivity index (χ4n) is 8.35. The van der Waals surface area contributed by atoms with E-state index in [1.807, 2.05) is 0 Å². The number of hydrogen-bond acceptors (Lipinski definition) is 1. The zero-order valence-corrected chi connectivity index (χ0v) is 32.7. The first kappa shape index (κ1) is 35.0. The van der Waals surface area contributed by atoms with Crippen LogP contribution >= 0.6 is 0 Å². The Balaban J connectivity index is 1.04. The van der Waals surface area contributed by atoms with Crippen molar-refractivity contribution in [2.75, 3.05) is 4.90 Å². The average molecular weight is 743 g/mol. The minimum absolute atomic E-state index is 1.10. The first-order chi connectivity index (χ1) is 28.6. The molecule has 58 heavy (non-hydrogen) atoms. The minimum Gasteiger partial charge on any atom is -0.310 e. The van der Waals surface area contributed by atoms with Crippen LogP contribution in [0, 0.1) is 13.8 Å². The van der Waals surface area contributed by atoms with Gasteiger partial charge in [0, 0.05) is 33.5 Å². The number of benzene rings is 9. The Kier molecular flexibility index (Phi) is 9.01. The molecular weight excluding hydrogens is 701 g/mol. The molecule has 1 heterocycles. The molecule has 0 fully saturated rings. The lowest BCUT2D eigenvalue weighted by Crippen LogP contribution is -2.10. The van der Waals surface area contributed by atoms with Crippen LogP contribution in [0.2, 0.25) is 0 Å². The predicted molar refractivity (Wildman–Crippen MR) is 247 cm³/mol. The molecule has 0 atom stereocenters. The molecule has 0 aliphatic carbocycles. The monoisotopic (exact) mass is 742 g/mol. The third-order valence-electron chi connectivity index (χ3n) is 11.3. The maximum atomic E-state index is 2.41. The third-order valence-corrected chi connectivity index (χ3v) is 11.3. The van der Waals surface area contributed by atoms with Gasteiger partial charge < -0.3 is 9.47 Å². The van der Waals surface area contributed by atoms with Crippen LogP contribution in [0.5, 0.6) is 0 Å². The van der Waals surface area contributed by atoms with Crippen LogP contribution < -0.4 is 4.90 Å². The lowest BCUT2D eigenvalue weighted by molar-refractivity contribution is 1.18. The second kappa shape index (κ2) is 14.9. The predicted octanol–water partition coefficient (Wildman–Crippen LogP) is 15.5. The van der Waals surface area contributed by atoms with Gasteiger partial charge in [-0.3, -0.25) is 0 Å². The second-order valence-electron chi connectivity index (χ2n) is 15.2. The summed E-state index contributed by atoms with van der Waals surface area (Å²) in [5.74, 6) is 0. The van der Waals surface area contributed by atoms with Crippen LogP contribution in [-0.2, 0) is 0 Å². The van der Waals surface area contributed by atoms with Gasteiger partial charge in [-0.15, -0.1) is 0 Å². The molecule has 0 amide bonds. The summed E-state index contributed by atoms with van der Waals surface area (Å²) in [5.41, 5.74) is 19.0. The summed E-state index contributed by atoms with van der Waals surface area (Å²) >= 11 is 0. The summed E-state index contributed by atoms with van der Waals surface area (Å²) in [5, 5.41) is 2.57. The number of anilines is 3. The van der Waals surface area contributed by atoms with E-state index >= 15 is 0 Å². The van der Waals surface area contributed by atoms with Gasteiger partial charge in [-0.05, 0) is 131 Å². The summed E-state index contributed by atoms with van der Waals surface area (Å²) in [6.07, 6.45) is 0. The van der Waals surface area contributed by atoms with Crippen molar-refractivity contribution in [3.63, 3.8) is 0 Å². The molecule has 0 unspecified atom stereocenters. The van der Waals surface area contributed by atoms with Gasteiger partial charge in [-0.2, -0.15) is 0 Å². The molecule has 0 saturated carbocycles. The van der Waals surface area contributed by atoms with E-state index < -0.39 is 0 Å². The Morgan fingerprint density at radius 3 is 1.17 bits per heavy atom. The highest BCUT2D eigenvalue weighted by Gasteiger charge is 2.17. The first-order valence-electron chi connectivity index (χ1n) is 20.0. The lowest BCUT2D eigenvalue weighted by atomic mass is 10.00. The Labute approximate surface area is 340 Å². The van der Waals surface area contributed by atoms with E-state index in [0.717, 1.165) is 28.3 Å². The minimum atomic E-state index is 1.10. The van der Waals surface area contributed by atoms with E-state index in [9.17, 15) is 0 Å². The quantitative estimate of drug-likeness (QED) is 0.150. The van der Waals surface area contributed by atoms with Gasteiger partial charge in [-0.1, -0.05) is 157 Å². The molecule has 9 aromatic carbocycles. The maximum Gasteiger partial charge on any atom is 0.0541 e. The molecule has 10 rings (SSSR count). The molecule has 0 N–H and O–H groups in total. The van der Waals surface area contributed by atoms with E-state index in [2.05, 4.69) is 242 Å². The standard InChI is InChI=1S/C56H42N2/c1-39-19-33-55-53(35-39)54-36-40(2)20-34-56(54)58(55)52-18-10-16-48(38-52)47-15-9-17-51(37-47)57(49-29-25-45(26-30-49)42-13-7-4-8-14-42)50-31-27-46(28-32-50)44-23-21-43(22-24-44)41-11-5-3-6-12-41/h3-38H,1-2H3. The van der Waals surface area contributed by atoms with Gasteiger partial charge in [0.15, 0.2) is 0 Å². The van der Waals surface area contributed by atoms with Crippen molar-refractivity contribution in [2.24, 2.45) is 0 Å². The Morgan fingerprint density at radius 2 is 0.690 bits per heavy atom. The average Bonchev–Trinajstić information content (AvgIpc) is 3.60. The number of fused-ring (bicyclic) bond motifs is 3. The Hall–Kier alpha value is -7.42. The van der Waals surface area contributed by atoms with E-state index in [1.54, 1.807) is 0 Å². The van der Waals surface area contributed by atoms with E-state index in [1.165, 1.54) is 71.9 Å². The normalized spacial score (nSPS) is 11.3. The Bertz CT molecular complexity index is 2970. The smallest absolute Gasteiger partial charge is 0.0541 e. The number of aromatic nitrogens is 1.